The molecule has 1 atom stereocenters. The SMILES string of the molecule is OCC1CCN(CCC2CCCNC2)CC1. The molecule has 3 heteroatoms. The van der Waals surface area contributed by atoms with E-state index in [2.05, 4.69) is 10.2 Å². The van der Waals surface area contributed by atoms with E-state index in [0.29, 0.717) is 12.5 Å². The van der Waals surface area contributed by atoms with Gasteiger partial charge in [-0.3, -0.25) is 0 Å². The van der Waals surface area contributed by atoms with E-state index >= 15 is 0 Å². The highest BCUT2D eigenvalue weighted by atomic mass is 16.3. The van der Waals surface area contributed by atoms with Crippen LogP contribution in [0.3, 0.4) is 0 Å². The van der Waals surface area contributed by atoms with Crippen molar-refractivity contribution in [1.29, 1.82) is 0 Å². The van der Waals surface area contributed by atoms with Gasteiger partial charge in [0.15, 0.2) is 0 Å². The average Bonchev–Trinajstić information content (AvgIpc) is 2.38. The molecule has 0 aliphatic carbocycles. The van der Waals surface area contributed by atoms with Crippen molar-refractivity contribution in [2.45, 2.75) is 32.1 Å². The van der Waals surface area contributed by atoms with Gasteiger partial charge in [0, 0.05) is 6.61 Å². The number of nitrogens with one attached hydrogen (secondary N) is 1. The molecule has 2 aliphatic heterocycles. The normalized spacial score (nSPS) is 29.4. The fourth-order valence-corrected chi connectivity index (χ4v) is 2.93. The number of piperidine rings is 2. The van der Waals surface area contributed by atoms with Crippen LogP contribution in [0.2, 0.25) is 0 Å². The first kappa shape index (κ1) is 12.3. The largest absolute Gasteiger partial charge is 0.396 e. The molecule has 2 heterocycles. The predicted octanol–water partition coefficient (Wildman–Crippen LogP) is 1.08. The van der Waals surface area contributed by atoms with E-state index in [1.807, 2.05) is 0 Å². The second-order valence-corrected chi connectivity index (χ2v) is 5.47. The molecule has 94 valence electrons. The van der Waals surface area contributed by atoms with Crippen LogP contribution >= 0.6 is 0 Å². The molecule has 0 aromatic heterocycles. The smallest absolute Gasteiger partial charge is 0.0460 e. The van der Waals surface area contributed by atoms with Crippen molar-refractivity contribution in [2.24, 2.45) is 11.8 Å². The Labute approximate surface area is 99.2 Å². The van der Waals surface area contributed by atoms with Gasteiger partial charge < -0.3 is 15.3 Å². The van der Waals surface area contributed by atoms with Crippen molar-refractivity contribution in [3.63, 3.8) is 0 Å². The van der Waals surface area contributed by atoms with Crippen LogP contribution in [0, 0.1) is 11.8 Å². The van der Waals surface area contributed by atoms with Crippen LogP contribution in [0.15, 0.2) is 0 Å². The minimum Gasteiger partial charge on any atom is -0.396 e. The zero-order valence-corrected chi connectivity index (χ0v) is 10.3. The van der Waals surface area contributed by atoms with E-state index in [-0.39, 0.29) is 0 Å². The van der Waals surface area contributed by atoms with Crippen molar-refractivity contribution in [1.82, 2.24) is 10.2 Å². The highest BCUT2D eigenvalue weighted by Gasteiger charge is 2.19. The number of nitrogens with zero attached hydrogens (tertiary/aromatic N) is 1. The van der Waals surface area contributed by atoms with E-state index in [4.69, 9.17) is 5.11 Å². The molecule has 0 radical (unpaired) electrons. The van der Waals surface area contributed by atoms with Crippen molar-refractivity contribution in [3.8, 4) is 0 Å². The highest BCUT2D eigenvalue weighted by Crippen LogP contribution is 2.19. The minimum atomic E-state index is 0.389. The summed E-state index contributed by atoms with van der Waals surface area (Å²) in [4.78, 5) is 2.58. The third kappa shape index (κ3) is 3.72. The summed E-state index contributed by atoms with van der Waals surface area (Å²) in [6.07, 6.45) is 6.52. The Hall–Kier alpha value is -0.120. The molecule has 2 N–H and O–H groups in total. The standard InChI is InChI=1S/C13H26N2O/c16-11-13-4-8-15(9-5-13)7-3-12-2-1-6-14-10-12/h12-14,16H,1-11H2. The van der Waals surface area contributed by atoms with Crippen LogP contribution < -0.4 is 5.32 Å². The van der Waals surface area contributed by atoms with Gasteiger partial charge in [0.05, 0.1) is 0 Å². The lowest BCUT2D eigenvalue weighted by Gasteiger charge is -2.32. The third-order valence-electron chi connectivity index (χ3n) is 4.22. The van der Waals surface area contributed by atoms with Crippen molar-refractivity contribution in [2.75, 3.05) is 39.3 Å². The molecule has 0 amide bonds. The fraction of sp³-hybridized carbons (Fsp3) is 1.00. The van der Waals surface area contributed by atoms with Crippen LogP contribution in [0.5, 0.6) is 0 Å². The van der Waals surface area contributed by atoms with Gasteiger partial charge >= 0.3 is 0 Å². The van der Waals surface area contributed by atoms with Crippen LogP contribution in [-0.2, 0) is 0 Å². The summed E-state index contributed by atoms with van der Waals surface area (Å²) in [7, 11) is 0. The summed E-state index contributed by atoms with van der Waals surface area (Å²) >= 11 is 0. The Bertz CT molecular complexity index is 184. The van der Waals surface area contributed by atoms with Gasteiger partial charge in [0.2, 0.25) is 0 Å². The Morgan fingerprint density at radius 2 is 1.94 bits per heavy atom. The fourth-order valence-electron chi connectivity index (χ4n) is 2.93. The summed E-state index contributed by atoms with van der Waals surface area (Å²) in [6, 6.07) is 0. The summed E-state index contributed by atoms with van der Waals surface area (Å²) in [5, 5.41) is 12.6. The van der Waals surface area contributed by atoms with E-state index in [0.717, 1.165) is 5.92 Å². The second-order valence-electron chi connectivity index (χ2n) is 5.47. The van der Waals surface area contributed by atoms with Crippen LogP contribution in [0.25, 0.3) is 0 Å². The number of aliphatic hydroxyl groups excluding tert-OH is 1. The maximum Gasteiger partial charge on any atom is 0.0460 e. The van der Waals surface area contributed by atoms with Gasteiger partial charge in [0.25, 0.3) is 0 Å². The van der Waals surface area contributed by atoms with Crippen molar-refractivity contribution >= 4 is 0 Å². The molecule has 2 rings (SSSR count). The van der Waals surface area contributed by atoms with Crippen LogP contribution in [-0.4, -0.2) is 49.3 Å². The molecule has 2 fully saturated rings. The van der Waals surface area contributed by atoms with E-state index < -0.39 is 0 Å². The third-order valence-corrected chi connectivity index (χ3v) is 4.22. The lowest BCUT2D eigenvalue weighted by molar-refractivity contribution is 0.125. The summed E-state index contributed by atoms with van der Waals surface area (Å²) in [6.45, 7) is 6.51. The predicted molar refractivity (Wildman–Crippen MR) is 66.5 cm³/mol. The maximum atomic E-state index is 9.08. The topological polar surface area (TPSA) is 35.5 Å². The molecule has 0 aromatic carbocycles. The van der Waals surface area contributed by atoms with Crippen molar-refractivity contribution in [3.05, 3.63) is 0 Å². The Kier molecular flexibility index (Phi) is 5.07. The molecular formula is C13H26N2O. The Morgan fingerprint density at radius 1 is 1.12 bits per heavy atom. The molecule has 16 heavy (non-hydrogen) atoms. The number of rotatable bonds is 4. The van der Waals surface area contributed by atoms with Gasteiger partial charge in [-0.25, -0.2) is 0 Å². The quantitative estimate of drug-likeness (QED) is 0.753. The zero-order valence-electron chi connectivity index (χ0n) is 10.3. The average molecular weight is 226 g/mol. The summed E-state index contributed by atoms with van der Waals surface area (Å²) < 4.78 is 0. The van der Waals surface area contributed by atoms with Crippen LogP contribution in [0.1, 0.15) is 32.1 Å². The number of aliphatic hydroxyl groups is 1. The lowest BCUT2D eigenvalue weighted by atomic mass is 9.94. The molecule has 0 bridgehead atoms. The monoisotopic (exact) mass is 226 g/mol. The molecule has 0 aromatic rings. The van der Waals surface area contributed by atoms with E-state index in [1.54, 1.807) is 0 Å². The summed E-state index contributed by atoms with van der Waals surface area (Å²) in [5.41, 5.74) is 0. The summed E-state index contributed by atoms with van der Waals surface area (Å²) in [5.74, 6) is 1.48. The van der Waals surface area contributed by atoms with E-state index in [1.165, 1.54) is 64.8 Å². The first-order chi connectivity index (χ1) is 7.88. The van der Waals surface area contributed by atoms with E-state index in [9.17, 15) is 0 Å². The number of hydrogen-bond donors (Lipinski definition) is 2. The first-order valence-electron chi connectivity index (χ1n) is 6.92. The molecule has 2 aliphatic rings. The number of hydrogen-bond acceptors (Lipinski definition) is 3. The first-order valence-corrected chi connectivity index (χ1v) is 6.92. The van der Waals surface area contributed by atoms with Gasteiger partial charge in [-0.05, 0) is 76.7 Å². The van der Waals surface area contributed by atoms with Crippen molar-refractivity contribution < 1.29 is 5.11 Å². The molecular weight excluding hydrogens is 200 g/mol. The second kappa shape index (κ2) is 6.58. The van der Waals surface area contributed by atoms with Gasteiger partial charge in [0.1, 0.15) is 0 Å². The van der Waals surface area contributed by atoms with Gasteiger partial charge in [-0.2, -0.15) is 0 Å². The number of likely N-dealkylation sites (tertiary alicyclic amines) is 1. The zero-order chi connectivity index (χ0) is 11.2. The lowest BCUT2D eigenvalue weighted by Crippen LogP contribution is -2.37. The Balaban J connectivity index is 1.59. The van der Waals surface area contributed by atoms with Gasteiger partial charge in [-0.15, -0.1) is 0 Å². The minimum absolute atomic E-state index is 0.389. The molecule has 1 unspecified atom stereocenters. The van der Waals surface area contributed by atoms with Crippen LogP contribution in [0.4, 0.5) is 0 Å². The molecule has 0 saturated carbocycles. The molecule has 2 saturated heterocycles. The highest BCUT2D eigenvalue weighted by molar-refractivity contribution is 4.74. The molecule has 3 nitrogen and oxygen atoms in total. The maximum absolute atomic E-state index is 9.08. The Morgan fingerprint density at radius 3 is 2.56 bits per heavy atom. The molecule has 0 spiro atoms. The van der Waals surface area contributed by atoms with Gasteiger partial charge in [-0.1, -0.05) is 0 Å².